The number of fused-ring (bicyclic) bond motifs is 1. The van der Waals surface area contributed by atoms with Crippen LogP contribution in [-0.2, 0) is 0 Å². The molecule has 0 bridgehead atoms. The third-order valence-electron chi connectivity index (χ3n) is 5.49. The highest BCUT2D eigenvalue weighted by Gasteiger charge is 2.21. The van der Waals surface area contributed by atoms with Crippen LogP contribution >= 0.6 is 11.6 Å². The monoisotopic (exact) mass is 419 g/mol. The van der Waals surface area contributed by atoms with Gasteiger partial charge in [0.25, 0.3) is 0 Å². The van der Waals surface area contributed by atoms with Crippen molar-refractivity contribution in [1.82, 2.24) is 19.6 Å². The van der Waals surface area contributed by atoms with Crippen molar-refractivity contribution in [2.45, 2.75) is 18.9 Å². The summed E-state index contributed by atoms with van der Waals surface area (Å²) < 4.78 is 1.82. The van der Waals surface area contributed by atoms with Gasteiger partial charge in [-0.2, -0.15) is 4.98 Å². The molecule has 30 heavy (non-hydrogen) atoms. The molecule has 0 radical (unpaired) electrons. The molecule has 5 rings (SSSR count). The number of halogens is 1. The molecule has 1 aromatic carbocycles. The second kappa shape index (κ2) is 7.84. The Hall–Kier alpha value is -3.32. The van der Waals surface area contributed by atoms with E-state index in [4.69, 9.17) is 22.3 Å². The normalized spacial score (nSPS) is 14.9. The number of pyridine rings is 2. The van der Waals surface area contributed by atoms with Gasteiger partial charge in [-0.15, -0.1) is 5.10 Å². The molecule has 0 atom stereocenters. The zero-order chi connectivity index (χ0) is 20.5. The minimum absolute atomic E-state index is 0.330. The van der Waals surface area contributed by atoms with Crippen LogP contribution in [0.2, 0.25) is 5.15 Å². The first-order valence-electron chi connectivity index (χ1n) is 10.00. The minimum atomic E-state index is 0.330. The summed E-state index contributed by atoms with van der Waals surface area (Å²) in [6, 6.07) is 16.1. The summed E-state index contributed by atoms with van der Waals surface area (Å²) in [6.07, 6.45) is 5.67. The molecule has 7 nitrogen and oxygen atoms in total. The van der Waals surface area contributed by atoms with E-state index in [1.807, 2.05) is 53.2 Å². The standard InChI is InChI=1S/C22H22ClN7/c23-20-14-18(7-10-25-20)29-12-8-17(9-13-29)26-22-27-21-19(2-1-11-30(21)28-22)15-3-5-16(24)6-4-15/h1-7,10-11,14,17H,8-9,12-13,24H2,(H,26,28). The molecule has 3 N–H and O–H groups in total. The Morgan fingerprint density at radius 2 is 1.87 bits per heavy atom. The first kappa shape index (κ1) is 18.7. The Bertz CT molecular complexity index is 1160. The van der Waals surface area contributed by atoms with Crippen LogP contribution in [0.3, 0.4) is 0 Å². The largest absolute Gasteiger partial charge is 0.399 e. The van der Waals surface area contributed by atoms with Crippen molar-refractivity contribution in [3.8, 4) is 11.1 Å². The van der Waals surface area contributed by atoms with Gasteiger partial charge in [0.1, 0.15) is 5.15 Å². The van der Waals surface area contributed by atoms with Crippen LogP contribution < -0.4 is 16.0 Å². The van der Waals surface area contributed by atoms with Crippen LogP contribution in [0.25, 0.3) is 16.8 Å². The number of nitrogens with zero attached hydrogens (tertiary/aromatic N) is 5. The summed E-state index contributed by atoms with van der Waals surface area (Å²) in [5.74, 6) is 0.656. The Kier molecular flexibility index (Phi) is 4.88. The first-order valence-corrected chi connectivity index (χ1v) is 10.4. The molecule has 4 heterocycles. The third-order valence-corrected chi connectivity index (χ3v) is 5.69. The Balaban J connectivity index is 1.31. The lowest BCUT2D eigenvalue weighted by molar-refractivity contribution is 0.524. The van der Waals surface area contributed by atoms with E-state index in [1.54, 1.807) is 6.20 Å². The second-order valence-electron chi connectivity index (χ2n) is 7.49. The fourth-order valence-electron chi connectivity index (χ4n) is 3.91. The van der Waals surface area contributed by atoms with Crippen molar-refractivity contribution in [3.63, 3.8) is 0 Å². The van der Waals surface area contributed by atoms with Gasteiger partial charge in [-0.25, -0.2) is 9.50 Å². The Morgan fingerprint density at radius 1 is 1.07 bits per heavy atom. The molecule has 152 valence electrons. The van der Waals surface area contributed by atoms with Gasteiger partial charge in [-0.05, 0) is 54.8 Å². The summed E-state index contributed by atoms with van der Waals surface area (Å²) in [5, 5.41) is 8.67. The van der Waals surface area contributed by atoms with Gasteiger partial charge in [0, 0.05) is 48.5 Å². The predicted molar refractivity (Wildman–Crippen MR) is 121 cm³/mol. The number of nitrogens with one attached hydrogen (secondary N) is 1. The van der Waals surface area contributed by atoms with Crippen molar-refractivity contribution in [2.24, 2.45) is 0 Å². The van der Waals surface area contributed by atoms with E-state index in [9.17, 15) is 0 Å². The molecule has 0 saturated carbocycles. The zero-order valence-electron chi connectivity index (χ0n) is 16.4. The number of aromatic nitrogens is 4. The molecule has 1 fully saturated rings. The molecule has 0 spiro atoms. The Labute approximate surface area is 179 Å². The summed E-state index contributed by atoms with van der Waals surface area (Å²) >= 11 is 6.03. The van der Waals surface area contributed by atoms with Crippen LogP contribution in [0.15, 0.2) is 60.9 Å². The van der Waals surface area contributed by atoms with Crippen LogP contribution in [0, 0.1) is 0 Å². The van der Waals surface area contributed by atoms with E-state index >= 15 is 0 Å². The van der Waals surface area contributed by atoms with E-state index in [0.717, 1.165) is 54.1 Å². The Morgan fingerprint density at radius 3 is 2.63 bits per heavy atom. The lowest BCUT2D eigenvalue weighted by atomic mass is 10.0. The lowest BCUT2D eigenvalue weighted by Gasteiger charge is -2.33. The van der Waals surface area contributed by atoms with Gasteiger partial charge < -0.3 is 16.0 Å². The number of hydrogen-bond donors (Lipinski definition) is 2. The van der Waals surface area contributed by atoms with E-state index in [-0.39, 0.29) is 0 Å². The van der Waals surface area contributed by atoms with Gasteiger partial charge in [-0.3, -0.25) is 0 Å². The van der Waals surface area contributed by atoms with Gasteiger partial charge in [0.15, 0.2) is 5.65 Å². The molecular formula is C22H22ClN7. The number of hydrogen-bond acceptors (Lipinski definition) is 6. The molecule has 1 aliphatic rings. The first-order chi connectivity index (χ1) is 14.7. The lowest BCUT2D eigenvalue weighted by Crippen LogP contribution is -2.39. The topological polar surface area (TPSA) is 84.4 Å². The number of nitrogen functional groups attached to an aromatic ring is 1. The van der Waals surface area contributed by atoms with Gasteiger partial charge in [0.2, 0.25) is 5.95 Å². The highest BCUT2D eigenvalue weighted by atomic mass is 35.5. The smallest absolute Gasteiger partial charge is 0.243 e. The van der Waals surface area contributed by atoms with Crippen molar-refractivity contribution < 1.29 is 0 Å². The van der Waals surface area contributed by atoms with Crippen molar-refractivity contribution >= 4 is 34.6 Å². The second-order valence-corrected chi connectivity index (χ2v) is 7.88. The van der Waals surface area contributed by atoms with E-state index in [1.165, 1.54) is 0 Å². The van der Waals surface area contributed by atoms with Crippen LogP contribution in [0.1, 0.15) is 12.8 Å². The van der Waals surface area contributed by atoms with Gasteiger partial charge in [-0.1, -0.05) is 23.7 Å². The quantitative estimate of drug-likeness (QED) is 0.382. The summed E-state index contributed by atoms with van der Waals surface area (Å²) in [4.78, 5) is 11.2. The highest BCUT2D eigenvalue weighted by Crippen LogP contribution is 2.26. The molecule has 4 aromatic rings. The van der Waals surface area contributed by atoms with Crippen LogP contribution in [-0.4, -0.2) is 38.7 Å². The highest BCUT2D eigenvalue weighted by molar-refractivity contribution is 6.29. The molecule has 1 saturated heterocycles. The average Bonchev–Trinajstić information content (AvgIpc) is 3.17. The summed E-state index contributed by atoms with van der Waals surface area (Å²) in [7, 11) is 0. The maximum atomic E-state index is 6.03. The van der Waals surface area contributed by atoms with Crippen molar-refractivity contribution in [2.75, 3.05) is 29.0 Å². The van der Waals surface area contributed by atoms with Gasteiger partial charge >= 0.3 is 0 Å². The van der Waals surface area contributed by atoms with Crippen LogP contribution in [0.4, 0.5) is 17.3 Å². The molecule has 3 aromatic heterocycles. The third kappa shape index (κ3) is 3.76. The van der Waals surface area contributed by atoms with Gasteiger partial charge in [0.05, 0.1) is 0 Å². The number of benzene rings is 1. The number of rotatable bonds is 4. The number of piperidine rings is 1. The fraction of sp³-hybridized carbons (Fsp3) is 0.227. The average molecular weight is 420 g/mol. The number of nitrogens with two attached hydrogens (primary N) is 1. The van der Waals surface area contributed by atoms with E-state index < -0.39 is 0 Å². The molecule has 0 aliphatic carbocycles. The fourth-order valence-corrected chi connectivity index (χ4v) is 4.08. The molecule has 0 amide bonds. The van der Waals surface area contributed by atoms with E-state index in [2.05, 4.69) is 26.4 Å². The zero-order valence-corrected chi connectivity index (χ0v) is 17.1. The SMILES string of the molecule is Nc1ccc(-c2cccn3nc(NC4CCN(c5ccnc(Cl)c5)CC4)nc23)cc1. The molecular weight excluding hydrogens is 398 g/mol. The maximum absolute atomic E-state index is 6.03. The van der Waals surface area contributed by atoms with Crippen LogP contribution in [0.5, 0.6) is 0 Å². The molecule has 8 heteroatoms. The summed E-state index contributed by atoms with van der Waals surface area (Å²) in [5.41, 5.74) is 10.6. The molecule has 1 aliphatic heterocycles. The van der Waals surface area contributed by atoms with Crippen molar-refractivity contribution in [1.29, 1.82) is 0 Å². The number of anilines is 3. The van der Waals surface area contributed by atoms with Crippen molar-refractivity contribution in [3.05, 3.63) is 66.1 Å². The summed E-state index contributed by atoms with van der Waals surface area (Å²) in [6.45, 7) is 1.89. The maximum Gasteiger partial charge on any atom is 0.243 e. The molecule has 0 unspecified atom stereocenters. The van der Waals surface area contributed by atoms with E-state index in [0.29, 0.717) is 17.1 Å². The minimum Gasteiger partial charge on any atom is -0.399 e. The predicted octanol–water partition coefficient (Wildman–Crippen LogP) is 4.11.